The Balaban J connectivity index is 1.61. The van der Waals surface area contributed by atoms with E-state index in [4.69, 9.17) is 0 Å². The molecule has 0 aliphatic heterocycles. The lowest BCUT2D eigenvalue weighted by Crippen LogP contribution is -2.14. The molecule has 3 aromatic heterocycles. The molecule has 0 saturated heterocycles. The number of aromatic nitrogens is 4. The van der Waals surface area contributed by atoms with Crippen LogP contribution >= 0.6 is 11.3 Å². The van der Waals surface area contributed by atoms with Crippen LogP contribution in [0, 0.1) is 12.7 Å². The second-order valence-electron chi connectivity index (χ2n) is 5.54. The van der Waals surface area contributed by atoms with Crippen molar-refractivity contribution in [2.45, 2.75) is 6.92 Å². The number of carbonyl (C=O) groups excluding carboxylic acids is 1. The number of amides is 1. The van der Waals surface area contributed by atoms with Gasteiger partial charge in [-0.1, -0.05) is 17.4 Å². The summed E-state index contributed by atoms with van der Waals surface area (Å²) >= 11 is 1.23. The van der Waals surface area contributed by atoms with Crippen molar-refractivity contribution in [3.05, 3.63) is 65.7 Å². The lowest BCUT2D eigenvalue weighted by molar-refractivity contribution is 0.102. The number of aryl methyl sites for hydroxylation is 1. The molecule has 0 fully saturated rings. The van der Waals surface area contributed by atoms with Crippen LogP contribution in [0.1, 0.15) is 16.1 Å². The molecular formula is C18H12FN5OS. The maximum atomic E-state index is 13.3. The predicted molar refractivity (Wildman–Crippen MR) is 97.5 cm³/mol. The highest BCUT2D eigenvalue weighted by atomic mass is 32.1. The quantitative estimate of drug-likeness (QED) is 0.596. The van der Waals surface area contributed by atoms with Gasteiger partial charge in [-0.3, -0.25) is 20.1 Å². The van der Waals surface area contributed by atoms with Gasteiger partial charge in [0.25, 0.3) is 5.91 Å². The molecule has 128 valence electrons. The first-order valence-corrected chi connectivity index (χ1v) is 8.55. The third kappa shape index (κ3) is 3.14. The van der Waals surface area contributed by atoms with Crippen LogP contribution in [0.4, 0.5) is 9.52 Å². The number of halogens is 1. The van der Waals surface area contributed by atoms with Crippen LogP contribution in [-0.4, -0.2) is 26.1 Å². The summed E-state index contributed by atoms with van der Waals surface area (Å²) in [6.07, 6.45) is 1.67. The van der Waals surface area contributed by atoms with Crippen LogP contribution in [0.2, 0.25) is 0 Å². The summed E-state index contributed by atoms with van der Waals surface area (Å²) in [5.74, 6) is -0.706. The normalized spacial score (nSPS) is 10.8. The molecule has 4 aromatic rings. The van der Waals surface area contributed by atoms with Crippen molar-refractivity contribution in [3.8, 4) is 10.7 Å². The number of pyridine rings is 2. The monoisotopic (exact) mass is 365 g/mol. The fourth-order valence-corrected chi connectivity index (χ4v) is 3.21. The molecule has 0 unspecified atom stereocenters. The summed E-state index contributed by atoms with van der Waals surface area (Å²) in [6.45, 7) is 1.71. The summed E-state index contributed by atoms with van der Waals surface area (Å²) < 4.78 is 13.3. The Bertz CT molecular complexity index is 1110. The van der Waals surface area contributed by atoms with Crippen LogP contribution < -0.4 is 5.32 Å². The Hall–Kier alpha value is -3.26. The molecule has 6 nitrogen and oxygen atoms in total. The van der Waals surface area contributed by atoms with Gasteiger partial charge in [0.15, 0.2) is 5.01 Å². The molecule has 0 aliphatic rings. The number of hydrogen-bond donors (Lipinski definition) is 1. The molecule has 0 aliphatic carbocycles. The molecule has 3 heterocycles. The van der Waals surface area contributed by atoms with Crippen molar-refractivity contribution >= 4 is 33.3 Å². The SMILES string of the molecule is Cc1nc2cc(F)ccc2cc1C(=O)Nc1nnc(-c2ccccn2)s1. The number of nitrogens with one attached hydrogen (secondary N) is 1. The molecule has 0 atom stereocenters. The lowest BCUT2D eigenvalue weighted by Gasteiger charge is -2.07. The highest BCUT2D eigenvalue weighted by molar-refractivity contribution is 7.18. The van der Waals surface area contributed by atoms with Crippen LogP contribution in [0.3, 0.4) is 0 Å². The summed E-state index contributed by atoms with van der Waals surface area (Å²) in [5.41, 5.74) is 2.11. The van der Waals surface area contributed by atoms with E-state index in [1.807, 2.05) is 18.2 Å². The fraction of sp³-hybridized carbons (Fsp3) is 0.0556. The largest absolute Gasteiger partial charge is 0.296 e. The van der Waals surface area contributed by atoms with E-state index >= 15 is 0 Å². The Kier molecular flexibility index (Phi) is 4.10. The molecule has 0 bridgehead atoms. The van der Waals surface area contributed by atoms with E-state index in [1.165, 1.54) is 23.5 Å². The van der Waals surface area contributed by atoms with Gasteiger partial charge >= 0.3 is 0 Å². The van der Waals surface area contributed by atoms with Crippen LogP contribution in [0.15, 0.2) is 48.7 Å². The summed E-state index contributed by atoms with van der Waals surface area (Å²) in [6, 6.07) is 11.5. The van der Waals surface area contributed by atoms with Gasteiger partial charge in [-0.15, -0.1) is 10.2 Å². The second kappa shape index (κ2) is 6.57. The van der Waals surface area contributed by atoms with E-state index in [1.54, 1.807) is 25.3 Å². The first-order chi connectivity index (χ1) is 12.6. The maximum Gasteiger partial charge on any atom is 0.259 e. The minimum Gasteiger partial charge on any atom is -0.296 e. The lowest BCUT2D eigenvalue weighted by atomic mass is 10.1. The van der Waals surface area contributed by atoms with E-state index in [0.717, 1.165) is 0 Å². The molecule has 4 rings (SSSR count). The fourth-order valence-electron chi connectivity index (χ4n) is 2.50. The van der Waals surface area contributed by atoms with Crippen LogP contribution in [-0.2, 0) is 0 Å². The summed E-state index contributed by atoms with van der Waals surface area (Å²) in [4.78, 5) is 21.1. The van der Waals surface area contributed by atoms with Gasteiger partial charge in [-0.05, 0) is 37.3 Å². The van der Waals surface area contributed by atoms with Crippen molar-refractivity contribution in [1.29, 1.82) is 0 Å². The summed E-state index contributed by atoms with van der Waals surface area (Å²) in [7, 11) is 0. The number of carbonyl (C=O) groups is 1. The average Bonchev–Trinajstić information content (AvgIpc) is 3.10. The number of nitrogens with zero attached hydrogens (tertiary/aromatic N) is 4. The molecule has 26 heavy (non-hydrogen) atoms. The van der Waals surface area contributed by atoms with E-state index in [9.17, 15) is 9.18 Å². The third-order valence-corrected chi connectivity index (χ3v) is 4.61. The van der Waals surface area contributed by atoms with Gasteiger partial charge in [-0.2, -0.15) is 0 Å². The third-order valence-electron chi connectivity index (χ3n) is 3.74. The topological polar surface area (TPSA) is 80.7 Å². The number of anilines is 1. The molecule has 1 amide bonds. The predicted octanol–water partition coefficient (Wildman–Crippen LogP) is 3.85. The second-order valence-corrected chi connectivity index (χ2v) is 6.52. The smallest absolute Gasteiger partial charge is 0.259 e. The standard InChI is InChI=1S/C18H12FN5OS/c1-10-13(8-11-5-6-12(19)9-15(11)21-10)16(25)22-18-24-23-17(26-18)14-4-2-3-7-20-14/h2-9H,1H3,(H,22,24,25). The minimum atomic E-state index is -0.363. The molecule has 1 aromatic carbocycles. The zero-order valence-corrected chi connectivity index (χ0v) is 14.4. The van der Waals surface area contributed by atoms with Crippen LogP contribution in [0.5, 0.6) is 0 Å². The van der Waals surface area contributed by atoms with Gasteiger partial charge in [0.1, 0.15) is 11.5 Å². The average molecular weight is 365 g/mol. The molecule has 0 radical (unpaired) electrons. The first-order valence-electron chi connectivity index (χ1n) is 7.73. The van der Waals surface area contributed by atoms with Gasteiger partial charge < -0.3 is 0 Å². The van der Waals surface area contributed by atoms with Crippen molar-refractivity contribution in [2.24, 2.45) is 0 Å². The number of rotatable bonds is 3. The Morgan fingerprint density at radius 2 is 2.04 bits per heavy atom. The van der Waals surface area contributed by atoms with E-state index in [0.29, 0.717) is 38.0 Å². The molecular weight excluding hydrogens is 353 g/mol. The highest BCUT2D eigenvalue weighted by Crippen LogP contribution is 2.25. The van der Waals surface area contributed by atoms with E-state index in [-0.39, 0.29) is 11.7 Å². The zero-order chi connectivity index (χ0) is 18.1. The molecule has 0 spiro atoms. The van der Waals surface area contributed by atoms with Crippen molar-refractivity contribution in [2.75, 3.05) is 5.32 Å². The summed E-state index contributed by atoms with van der Waals surface area (Å²) in [5, 5.41) is 12.4. The van der Waals surface area contributed by atoms with Gasteiger partial charge in [-0.25, -0.2) is 4.39 Å². The highest BCUT2D eigenvalue weighted by Gasteiger charge is 2.15. The number of fused-ring (bicyclic) bond motifs is 1. The van der Waals surface area contributed by atoms with E-state index in [2.05, 4.69) is 25.5 Å². The van der Waals surface area contributed by atoms with Crippen molar-refractivity contribution in [3.63, 3.8) is 0 Å². The van der Waals surface area contributed by atoms with Gasteiger partial charge in [0.2, 0.25) is 5.13 Å². The Labute approximate surface area is 151 Å². The molecule has 0 saturated carbocycles. The Morgan fingerprint density at radius 3 is 2.85 bits per heavy atom. The van der Waals surface area contributed by atoms with Crippen molar-refractivity contribution in [1.82, 2.24) is 20.2 Å². The van der Waals surface area contributed by atoms with Gasteiger partial charge in [0, 0.05) is 17.6 Å². The minimum absolute atomic E-state index is 0.343. The van der Waals surface area contributed by atoms with Crippen LogP contribution in [0.25, 0.3) is 21.6 Å². The van der Waals surface area contributed by atoms with Gasteiger partial charge in [0.05, 0.1) is 16.8 Å². The number of hydrogen-bond acceptors (Lipinski definition) is 6. The zero-order valence-electron chi connectivity index (χ0n) is 13.6. The Morgan fingerprint density at radius 1 is 1.15 bits per heavy atom. The molecule has 1 N–H and O–H groups in total. The maximum absolute atomic E-state index is 13.3. The molecule has 8 heteroatoms. The first kappa shape index (κ1) is 16.2. The number of benzene rings is 1. The van der Waals surface area contributed by atoms with Crippen molar-refractivity contribution < 1.29 is 9.18 Å². The van der Waals surface area contributed by atoms with E-state index < -0.39 is 0 Å².